The first-order chi connectivity index (χ1) is 19.8. The highest BCUT2D eigenvalue weighted by molar-refractivity contribution is 6.36. The van der Waals surface area contributed by atoms with Gasteiger partial charge in [0.2, 0.25) is 5.91 Å². The van der Waals surface area contributed by atoms with E-state index in [1.54, 1.807) is 0 Å². The molecule has 9 nitrogen and oxygen atoms in total. The predicted octanol–water partition coefficient (Wildman–Crippen LogP) is 4.86. The van der Waals surface area contributed by atoms with Gasteiger partial charge in [0.15, 0.2) is 5.82 Å². The maximum absolute atomic E-state index is 12.1. The first-order valence-electron chi connectivity index (χ1n) is 15.2. The zero-order valence-corrected chi connectivity index (χ0v) is 26.1. The average molecular weight is 592 g/mol. The Balaban J connectivity index is 1.26. The number of hydrogen-bond donors (Lipinski definition) is 2. The molecule has 5 heterocycles. The first kappa shape index (κ1) is 27.9. The maximum atomic E-state index is 12.1. The average Bonchev–Trinajstić information content (AvgIpc) is 3.45. The van der Waals surface area contributed by atoms with Crippen LogP contribution in [0.4, 0.5) is 5.82 Å². The SMILES string of the molecule is C=CC(=O)N1CC2(CC(n3nc(N4CCC(N5CC(C)(O)C5)CC4(C)C)c(-c4c(Cl)c(C)cc5[nH]ncc45)c3C)C2)C1. The van der Waals surface area contributed by atoms with Crippen molar-refractivity contribution in [3.05, 3.63) is 41.2 Å². The number of β-amino-alcohol motifs (C(OH)–C–C–N with tert-alkyl or cyclic N) is 1. The number of amides is 1. The van der Waals surface area contributed by atoms with Gasteiger partial charge in [0, 0.05) is 71.9 Å². The number of aliphatic hydroxyl groups is 1. The van der Waals surface area contributed by atoms with Crippen molar-refractivity contribution in [1.29, 1.82) is 0 Å². The molecule has 3 aromatic rings. The molecule has 1 spiro atoms. The summed E-state index contributed by atoms with van der Waals surface area (Å²) in [6.07, 6.45) is 7.33. The van der Waals surface area contributed by atoms with Crippen LogP contribution in [0.1, 0.15) is 63.8 Å². The number of nitrogens with one attached hydrogen (secondary N) is 1. The molecule has 0 bridgehead atoms. The number of halogens is 1. The molecule has 10 heteroatoms. The fourth-order valence-electron chi connectivity index (χ4n) is 8.37. The van der Waals surface area contributed by atoms with Gasteiger partial charge in [-0.1, -0.05) is 18.2 Å². The van der Waals surface area contributed by atoms with Gasteiger partial charge in [-0.15, -0.1) is 0 Å². The predicted molar refractivity (Wildman–Crippen MR) is 166 cm³/mol. The Labute approximate surface area is 252 Å². The van der Waals surface area contributed by atoms with Crippen molar-refractivity contribution in [2.75, 3.05) is 37.6 Å². The summed E-state index contributed by atoms with van der Waals surface area (Å²) < 4.78 is 2.24. The van der Waals surface area contributed by atoms with Crippen LogP contribution in [0.15, 0.2) is 24.9 Å². The quantitative estimate of drug-likeness (QED) is 0.412. The minimum absolute atomic E-state index is 0.0228. The summed E-state index contributed by atoms with van der Waals surface area (Å²) in [5, 5.41) is 25.1. The Kier molecular flexibility index (Phi) is 6.19. The van der Waals surface area contributed by atoms with Crippen LogP contribution >= 0.6 is 11.6 Å². The van der Waals surface area contributed by atoms with Crippen molar-refractivity contribution in [2.24, 2.45) is 5.41 Å². The van der Waals surface area contributed by atoms with Crippen molar-refractivity contribution in [2.45, 2.75) is 83.5 Å². The lowest BCUT2D eigenvalue weighted by Crippen LogP contribution is -2.66. The number of rotatable bonds is 5. The standard InChI is InChI=1S/C32H42ClN7O2/c1-7-25(41)38-17-32(18-38)12-22(13-32)40-20(3)26(27-23-14-34-35-24(23)10-19(2)28(27)33)29(36-40)39-9-8-21(11-30(39,4)5)37-15-31(6,42)16-37/h7,10,14,21-22,42H,1,8-9,11-13,15-18H2,2-6H3,(H,34,35). The Morgan fingerprint density at radius 2 is 1.83 bits per heavy atom. The number of aromatic nitrogens is 4. The zero-order valence-electron chi connectivity index (χ0n) is 25.4. The van der Waals surface area contributed by atoms with Gasteiger partial charge in [0.25, 0.3) is 0 Å². The number of fused-ring (bicyclic) bond motifs is 1. The van der Waals surface area contributed by atoms with E-state index >= 15 is 0 Å². The van der Waals surface area contributed by atoms with Gasteiger partial charge in [-0.25, -0.2) is 0 Å². The van der Waals surface area contributed by atoms with E-state index in [-0.39, 0.29) is 22.9 Å². The van der Waals surface area contributed by atoms with Crippen LogP contribution in [0, 0.1) is 19.3 Å². The molecule has 0 radical (unpaired) electrons. The lowest BCUT2D eigenvalue weighted by Gasteiger charge is -2.58. The number of nitrogens with zero attached hydrogens (tertiary/aromatic N) is 6. The highest BCUT2D eigenvalue weighted by Crippen LogP contribution is 2.56. The van der Waals surface area contributed by atoms with Gasteiger partial charge >= 0.3 is 0 Å². The Bertz CT molecular complexity index is 1580. The number of benzene rings is 1. The summed E-state index contributed by atoms with van der Waals surface area (Å²) in [4.78, 5) is 18.9. The summed E-state index contributed by atoms with van der Waals surface area (Å²) in [5.74, 6) is 1.01. The van der Waals surface area contributed by atoms with Gasteiger partial charge < -0.3 is 14.9 Å². The number of hydrogen-bond acceptors (Lipinski definition) is 6. The summed E-state index contributed by atoms with van der Waals surface area (Å²) in [7, 11) is 0. The van der Waals surface area contributed by atoms with Crippen molar-refractivity contribution >= 4 is 34.2 Å². The fraction of sp³-hybridized carbons (Fsp3) is 0.594. The lowest BCUT2D eigenvalue weighted by molar-refractivity contribution is -0.149. The third-order valence-electron chi connectivity index (χ3n) is 10.5. The van der Waals surface area contributed by atoms with E-state index in [0.717, 1.165) is 103 Å². The molecule has 1 atom stereocenters. The van der Waals surface area contributed by atoms with E-state index in [1.807, 2.05) is 24.9 Å². The number of carbonyl (C=O) groups is 1. The number of piperidine rings is 1. The van der Waals surface area contributed by atoms with E-state index in [1.165, 1.54) is 6.08 Å². The molecular weight excluding hydrogens is 550 g/mol. The summed E-state index contributed by atoms with van der Waals surface area (Å²) in [5.41, 5.74) is 4.66. The molecule has 7 rings (SSSR count). The van der Waals surface area contributed by atoms with Gasteiger partial charge in [-0.2, -0.15) is 10.2 Å². The molecule has 1 amide bonds. The second-order valence-corrected chi connectivity index (χ2v) is 14.8. The highest BCUT2D eigenvalue weighted by atomic mass is 35.5. The van der Waals surface area contributed by atoms with Gasteiger partial charge in [-0.05, 0) is 78.0 Å². The van der Waals surface area contributed by atoms with Crippen LogP contribution in [-0.2, 0) is 4.79 Å². The molecule has 1 unspecified atom stereocenters. The second-order valence-electron chi connectivity index (χ2n) is 14.4. The number of H-pyrrole nitrogens is 1. The summed E-state index contributed by atoms with van der Waals surface area (Å²) >= 11 is 7.14. The van der Waals surface area contributed by atoms with Crippen LogP contribution in [0.3, 0.4) is 0 Å². The number of anilines is 1. The van der Waals surface area contributed by atoms with Crippen LogP contribution in [0.25, 0.3) is 22.0 Å². The van der Waals surface area contributed by atoms with Crippen LogP contribution in [0.2, 0.25) is 5.02 Å². The van der Waals surface area contributed by atoms with Gasteiger partial charge in [-0.3, -0.25) is 19.5 Å². The molecule has 3 aliphatic heterocycles. The van der Waals surface area contributed by atoms with E-state index < -0.39 is 5.60 Å². The highest BCUT2D eigenvalue weighted by Gasteiger charge is 2.55. The monoisotopic (exact) mass is 591 g/mol. The largest absolute Gasteiger partial charge is 0.388 e. The Hall–Kier alpha value is -2.88. The van der Waals surface area contributed by atoms with Crippen molar-refractivity contribution < 1.29 is 9.90 Å². The summed E-state index contributed by atoms with van der Waals surface area (Å²) in [6.45, 7) is 18.4. The van der Waals surface area contributed by atoms with E-state index in [0.29, 0.717) is 6.04 Å². The maximum Gasteiger partial charge on any atom is 0.245 e. The lowest BCUT2D eigenvalue weighted by atomic mass is 9.60. The molecule has 2 aromatic heterocycles. The number of likely N-dealkylation sites (tertiary alicyclic amines) is 2. The molecule has 4 aliphatic rings. The van der Waals surface area contributed by atoms with E-state index in [4.69, 9.17) is 16.7 Å². The smallest absolute Gasteiger partial charge is 0.245 e. The van der Waals surface area contributed by atoms with Crippen molar-refractivity contribution in [1.82, 2.24) is 29.8 Å². The van der Waals surface area contributed by atoms with Crippen LogP contribution in [-0.4, -0.2) is 90.7 Å². The molecular formula is C32H42ClN7O2. The minimum atomic E-state index is -0.571. The fourth-order valence-corrected chi connectivity index (χ4v) is 8.62. The third-order valence-corrected chi connectivity index (χ3v) is 11.0. The van der Waals surface area contributed by atoms with E-state index in [9.17, 15) is 9.90 Å². The summed E-state index contributed by atoms with van der Waals surface area (Å²) in [6, 6.07) is 2.79. The molecule has 42 heavy (non-hydrogen) atoms. The Morgan fingerprint density at radius 1 is 1.12 bits per heavy atom. The zero-order chi connectivity index (χ0) is 29.8. The number of carbonyl (C=O) groups excluding carboxylic acids is 1. The molecule has 1 aliphatic carbocycles. The van der Waals surface area contributed by atoms with E-state index in [2.05, 4.69) is 58.1 Å². The Morgan fingerprint density at radius 3 is 2.48 bits per heavy atom. The number of aromatic amines is 1. The molecule has 1 saturated carbocycles. The molecule has 4 fully saturated rings. The van der Waals surface area contributed by atoms with Gasteiger partial charge in [0.05, 0.1) is 28.4 Å². The normalized spacial score (nSPS) is 24.9. The molecule has 2 N–H and O–H groups in total. The second kappa shape index (κ2) is 9.31. The van der Waals surface area contributed by atoms with Crippen LogP contribution < -0.4 is 4.90 Å². The molecule has 224 valence electrons. The van der Waals surface area contributed by atoms with Crippen molar-refractivity contribution in [3.8, 4) is 11.1 Å². The number of aryl methyl sites for hydroxylation is 1. The topological polar surface area (TPSA) is 93.5 Å². The molecule has 3 saturated heterocycles. The first-order valence-corrected chi connectivity index (χ1v) is 15.6. The third kappa shape index (κ3) is 4.22. The van der Waals surface area contributed by atoms with Crippen LogP contribution in [0.5, 0.6) is 0 Å². The molecule has 1 aromatic carbocycles. The van der Waals surface area contributed by atoms with Gasteiger partial charge in [0.1, 0.15) is 0 Å². The minimum Gasteiger partial charge on any atom is -0.388 e. The van der Waals surface area contributed by atoms with Crippen molar-refractivity contribution in [3.63, 3.8) is 0 Å².